The maximum atomic E-state index is 11.5. The summed E-state index contributed by atoms with van der Waals surface area (Å²) in [5.74, 6) is -0.257. The minimum atomic E-state index is -0.419. The molecule has 0 saturated carbocycles. The summed E-state index contributed by atoms with van der Waals surface area (Å²) in [6.45, 7) is 9.32. The van der Waals surface area contributed by atoms with Gasteiger partial charge in [0.05, 0.1) is 6.10 Å². The van der Waals surface area contributed by atoms with E-state index in [-0.39, 0.29) is 30.1 Å². The molecule has 0 aromatic rings. The Balaban J connectivity index is 4.00. The van der Waals surface area contributed by atoms with Gasteiger partial charge in [0.2, 0.25) is 0 Å². The van der Waals surface area contributed by atoms with Crippen molar-refractivity contribution in [2.45, 2.75) is 47.1 Å². The molecule has 0 amide bonds. The van der Waals surface area contributed by atoms with Crippen LogP contribution in [-0.2, 0) is 14.3 Å². The van der Waals surface area contributed by atoms with Crippen molar-refractivity contribution in [3.8, 4) is 0 Å². The maximum absolute atomic E-state index is 11.5. The van der Waals surface area contributed by atoms with Crippen molar-refractivity contribution in [1.82, 2.24) is 0 Å². The van der Waals surface area contributed by atoms with E-state index in [1.807, 2.05) is 20.8 Å². The number of rotatable bonds is 5. The second-order valence-electron chi connectivity index (χ2n) is 4.21. The van der Waals surface area contributed by atoms with Crippen LogP contribution in [0.4, 0.5) is 0 Å². The van der Waals surface area contributed by atoms with Gasteiger partial charge in [-0.2, -0.15) is 0 Å². The van der Waals surface area contributed by atoms with Crippen LogP contribution in [0, 0.1) is 11.8 Å². The first kappa shape index (κ1) is 13.1. The fourth-order valence-corrected chi connectivity index (χ4v) is 0.980. The lowest BCUT2D eigenvalue weighted by atomic mass is 9.92. The summed E-state index contributed by atoms with van der Waals surface area (Å²) < 4.78 is 4.89. The van der Waals surface area contributed by atoms with Crippen molar-refractivity contribution < 1.29 is 14.3 Å². The number of ketones is 1. The third-order valence-electron chi connectivity index (χ3n) is 2.19. The zero-order chi connectivity index (χ0) is 11.3. The van der Waals surface area contributed by atoms with E-state index in [1.54, 1.807) is 13.8 Å². The molecule has 3 nitrogen and oxygen atoms in total. The number of carbonyl (C=O) groups is 2. The van der Waals surface area contributed by atoms with Gasteiger partial charge in [0.1, 0.15) is 12.2 Å². The molecule has 0 spiro atoms. The van der Waals surface area contributed by atoms with E-state index in [2.05, 4.69) is 0 Å². The Hall–Kier alpha value is -0.860. The molecule has 0 aromatic heterocycles. The number of carbonyl (C=O) groups excluding carboxylic acids is 2. The highest BCUT2D eigenvalue weighted by molar-refractivity contribution is 5.96. The number of hydrogen-bond donors (Lipinski definition) is 0. The molecule has 0 aliphatic carbocycles. The molecule has 0 saturated heterocycles. The second kappa shape index (κ2) is 5.78. The van der Waals surface area contributed by atoms with Crippen LogP contribution in [0.1, 0.15) is 41.0 Å². The molecule has 0 aromatic carbocycles. The standard InChI is InChI=1S/C11H20O3/c1-7(2)9(5)10(12)6-11(13)14-8(3)4/h7-9H,6H2,1-5H3/t9-/m1/s1. The van der Waals surface area contributed by atoms with Crippen LogP contribution in [0.3, 0.4) is 0 Å². The molecule has 0 unspecified atom stereocenters. The van der Waals surface area contributed by atoms with E-state index in [1.165, 1.54) is 0 Å². The van der Waals surface area contributed by atoms with Gasteiger partial charge < -0.3 is 4.74 Å². The van der Waals surface area contributed by atoms with Crippen LogP contribution < -0.4 is 0 Å². The molecule has 14 heavy (non-hydrogen) atoms. The van der Waals surface area contributed by atoms with Gasteiger partial charge in [-0.25, -0.2) is 0 Å². The molecule has 82 valence electrons. The Labute approximate surface area is 85.8 Å². The maximum Gasteiger partial charge on any atom is 0.313 e. The quantitative estimate of drug-likeness (QED) is 0.504. The molecule has 0 fully saturated rings. The Morgan fingerprint density at radius 2 is 1.57 bits per heavy atom. The van der Waals surface area contributed by atoms with Crippen molar-refractivity contribution >= 4 is 11.8 Å². The van der Waals surface area contributed by atoms with Gasteiger partial charge in [0.15, 0.2) is 0 Å². The highest BCUT2D eigenvalue weighted by Gasteiger charge is 2.20. The fourth-order valence-electron chi connectivity index (χ4n) is 0.980. The number of Topliss-reactive ketones (excluding diaryl/α,β-unsaturated/α-hetero) is 1. The van der Waals surface area contributed by atoms with Gasteiger partial charge in [-0.05, 0) is 19.8 Å². The monoisotopic (exact) mass is 200 g/mol. The van der Waals surface area contributed by atoms with Crippen LogP contribution >= 0.6 is 0 Å². The number of hydrogen-bond acceptors (Lipinski definition) is 3. The SMILES string of the molecule is CC(C)OC(=O)CC(=O)[C@H](C)C(C)C. The zero-order valence-electron chi connectivity index (χ0n) is 9.66. The second-order valence-corrected chi connectivity index (χ2v) is 4.21. The molecular weight excluding hydrogens is 180 g/mol. The van der Waals surface area contributed by atoms with Gasteiger partial charge in [-0.1, -0.05) is 20.8 Å². The van der Waals surface area contributed by atoms with E-state index in [0.29, 0.717) is 0 Å². The Morgan fingerprint density at radius 3 is 1.93 bits per heavy atom. The molecule has 0 bridgehead atoms. The first-order valence-electron chi connectivity index (χ1n) is 5.06. The molecule has 1 atom stereocenters. The predicted octanol–water partition coefficient (Wildman–Crippen LogP) is 2.19. The van der Waals surface area contributed by atoms with Gasteiger partial charge >= 0.3 is 5.97 Å². The summed E-state index contributed by atoms with van der Waals surface area (Å²) in [6.07, 6.45) is -0.248. The molecule has 0 N–H and O–H groups in total. The zero-order valence-corrected chi connectivity index (χ0v) is 9.66. The molecular formula is C11H20O3. The Bertz CT molecular complexity index is 207. The fraction of sp³-hybridized carbons (Fsp3) is 0.818. The van der Waals surface area contributed by atoms with Crippen LogP contribution in [-0.4, -0.2) is 17.9 Å². The average molecular weight is 200 g/mol. The van der Waals surface area contributed by atoms with E-state index in [4.69, 9.17) is 4.74 Å². The van der Waals surface area contributed by atoms with Gasteiger partial charge in [0, 0.05) is 5.92 Å². The molecule has 3 heteroatoms. The largest absolute Gasteiger partial charge is 0.463 e. The van der Waals surface area contributed by atoms with E-state index >= 15 is 0 Å². The smallest absolute Gasteiger partial charge is 0.313 e. The number of ether oxygens (including phenoxy) is 1. The average Bonchev–Trinajstić information content (AvgIpc) is 2.00. The minimum absolute atomic E-state index is 0.0364. The van der Waals surface area contributed by atoms with Crippen LogP contribution in [0.5, 0.6) is 0 Å². The van der Waals surface area contributed by atoms with Crippen molar-refractivity contribution in [3.63, 3.8) is 0 Å². The summed E-state index contributed by atoms with van der Waals surface area (Å²) in [6, 6.07) is 0. The third kappa shape index (κ3) is 5.00. The normalized spacial score (nSPS) is 13.1. The summed E-state index contributed by atoms with van der Waals surface area (Å²) in [5.41, 5.74) is 0. The third-order valence-corrected chi connectivity index (χ3v) is 2.19. The van der Waals surface area contributed by atoms with Gasteiger partial charge in [0.25, 0.3) is 0 Å². The predicted molar refractivity (Wildman–Crippen MR) is 54.9 cm³/mol. The highest BCUT2D eigenvalue weighted by Crippen LogP contribution is 2.13. The molecule has 0 radical (unpaired) electrons. The van der Waals surface area contributed by atoms with Gasteiger partial charge in [-0.15, -0.1) is 0 Å². The lowest BCUT2D eigenvalue weighted by molar-refractivity contribution is -0.150. The highest BCUT2D eigenvalue weighted by atomic mass is 16.5. The van der Waals surface area contributed by atoms with Crippen LogP contribution in [0.2, 0.25) is 0 Å². The first-order valence-corrected chi connectivity index (χ1v) is 5.06. The lowest BCUT2D eigenvalue weighted by Gasteiger charge is -2.14. The van der Waals surface area contributed by atoms with Gasteiger partial charge in [-0.3, -0.25) is 9.59 Å². The van der Waals surface area contributed by atoms with Crippen LogP contribution in [0.15, 0.2) is 0 Å². The first-order chi connectivity index (χ1) is 6.34. The van der Waals surface area contributed by atoms with E-state index < -0.39 is 5.97 Å². The van der Waals surface area contributed by atoms with Crippen LogP contribution in [0.25, 0.3) is 0 Å². The van der Waals surface area contributed by atoms with Crippen molar-refractivity contribution in [1.29, 1.82) is 0 Å². The molecule has 0 aliphatic heterocycles. The molecule has 0 heterocycles. The summed E-state index contributed by atoms with van der Waals surface area (Å²) in [5, 5.41) is 0. The van der Waals surface area contributed by atoms with E-state index in [9.17, 15) is 9.59 Å². The summed E-state index contributed by atoms with van der Waals surface area (Å²) >= 11 is 0. The number of esters is 1. The molecule has 0 rings (SSSR count). The Kier molecular flexibility index (Phi) is 5.43. The van der Waals surface area contributed by atoms with Crippen molar-refractivity contribution in [3.05, 3.63) is 0 Å². The van der Waals surface area contributed by atoms with E-state index in [0.717, 1.165) is 0 Å². The Morgan fingerprint density at radius 1 is 1.07 bits per heavy atom. The summed E-state index contributed by atoms with van der Waals surface area (Å²) in [4.78, 5) is 22.6. The van der Waals surface area contributed by atoms with Crippen molar-refractivity contribution in [2.75, 3.05) is 0 Å². The lowest BCUT2D eigenvalue weighted by Crippen LogP contribution is -2.22. The molecule has 0 aliphatic rings. The summed E-state index contributed by atoms with van der Waals surface area (Å²) in [7, 11) is 0. The topological polar surface area (TPSA) is 43.4 Å². The van der Waals surface area contributed by atoms with Crippen molar-refractivity contribution in [2.24, 2.45) is 11.8 Å². The minimum Gasteiger partial charge on any atom is -0.463 e.